The largest absolute Gasteiger partial charge is 0.281 e. The molecule has 0 radical (unpaired) electrons. The highest BCUT2D eigenvalue weighted by atomic mass is 16.2. The monoisotopic (exact) mass is 130 g/mol. The van der Waals surface area contributed by atoms with Gasteiger partial charge in [0.2, 0.25) is 5.91 Å². The summed E-state index contributed by atoms with van der Waals surface area (Å²) in [6, 6.07) is 0. The molecule has 54 valence electrons. The van der Waals surface area contributed by atoms with Gasteiger partial charge >= 0.3 is 0 Å². The Morgan fingerprint density at radius 1 is 1.56 bits per heavy atom. The van der Waals surface area contributed by atoms with Crippen LogP contribution in [0.3, 0.4) is 0 Å². The Labute approximate surface area is 56.0 Å². The normalized spacial score (nSPS) is 9.89. The SMILES string of the molecule is CNN(C)C(=O)C(C)C. The Balaban J connectivity index is 3.73. The first-order chi connectivity index (χ1) is 4.09. The summed E-state index contributed by atoms with van der Waals surface area (Å²) in [6.07, 6.45) is 0. The molecule has 0 atom stereocenters. The summed E-state index contributed by atoms with van der Waals surface area (Å²) in [5, 5.41) is 1.48. The predicted octanol–water partition coefficient (Wildman–Crippen LogP) is 0.235. The number of hydrogen-bond acceptors (Lipinski definition) is 2. The summed E-state index contributed by atoms with van der Waals surface area (Å²) >= 11 is 0. The van der Waals surface area contributed by atoms with Gasteiger partial charge in [-0.25, -0.2) is 5.43 Å². The maximum Gasteiger partial charge on any atom is 0.238 e. The Kier molecular flexibility index (Phi) is 3.24. The minimum atomic E-state index is 0.0717. The number of rotatable bonds is 2. The van der Waals surface area contributed by atoms with Crippen molar-refractivity contribution in [1.29, 1.82) is 0 Å². The molecule has 0 aromatic rings. The zero-order valence-corrected chi connectivity index (χ0v) is 6.43. The van der Waals surface area contributed by atoms with E-state index in [4.69, 9.17) is 0 Å². The maximum atomic E-state index is 10.9. The number of carbonyl (C=O) groups excluding carboxylic acids is 1. The average Bonchev–Trinajstić information content (AvgIpc) is 1.84. The van der Waals surface area contributed by atoms with Crippen molar-refractivity contribution in [3.8, 4) is 0 Å². The van der Waals surface area contributed by atoms with Gasteiger partial charge in [0.25, 0.3) is 0 Å². The summed E-state index contributed by atoms with van der Waals surface area (Å²) in [5.41, 5.74) is 2.73. The van der Waals surface area contributed by atoms with Gasteiger partial charge in [-0.05, 0) is 0 Å². The minimum absolute atomic E-state index is 0.0717. The van der Waals surface area contributed by atoms with Crippen molar-refractivity contribution in [3.05, 3.63) is 0 Å². The van der Waals surface area contributed by atoms with Crippen LogP contribution in [0, 0.1) is 5.92 Å². The predicted molar refractivity (Wildman–Crippen MR) is 36.7 cm³/mol. The molecule has 0 heterocycles. The molecule has 0 unspecified atom stereocenters. The summed E-state index contributed by atoms with van der Waals surface area (Å²) in [4.78, 5) is 10.9. The molecule has 1 amide bonds. The molecule has 0 rings (SSSR count). The first-order valence-corrected chi connectivity index (χ1v) is 3.04. The first kappa shape index (κ1) is 8.43. The molecule has 0 saturated heterocycles. The molecule has 1 N–H and O–H groups in total. The fourth-order valence-electron chi connectivity index (χ4n) is 0.497. The smallest absolute Gasteiger partial charge is 0.238 e. The van der Waals surface area contributed by atoms with Crippen LogP contribution >= 0.6 is 0 Å². The number of hydrazine groups is 1. The molecule has 0 spiro atoms. The van der Waals surface area contributed by atoms with Gasteiger partial charge in [-0.15, -0.1) is 0 Å². The summed E-state index contributed by atoms with van der Waals surface area (Å²) in [7, 11) is 3.43. The second kappa shape index (κ2) is 3.45. The minimum Gasteiger partial charge on any atom is -0.281 e. The third kappa shape index (κ3) is 2.46. The zero-order chi connectivity index (χ0) is 7.44. The van der Waals surface area contributed by atoms with Crippen LogP contribution < -0.4 is 5.43 Å². The Hall–Kier alpha value is -0.570. The van der Waals surface area contributed by atoms with E-state index in [1.807, 2.05) is 13.8 Å². The molecular formula is C6H14N2O. The first-order valence-electron chi connectivity index (χ1n) is 3.04. The van der Waals surface area contributed by atoms with E-state index < -0.39 is 0 Å². The van der Waals surface area contributed by atoms with Crippen LogP contribution in [0.4, 0.5) is 0 Å². The Morgan fingerprint density at radius 3 is 2.11 bits per heavy atom. The van der Waals surface area contributed by atoms with Crippen LogP contribution in [0.15, 0.2) is 0 Å². The fourth-order valence-corrected chi connectivity index (χ4v) is 0.497. The fraction of sp³-hybridized carbons (Fsp3) is 0.833. The molecule has 0 fully saturated rings. The third-order valence-corrected chi connectivity index (χ3v) is 1.16. The molecule has 0 aromatic heterocycles. The van der Waals surface area contributed by atoms with Crippen molar-refractivity contribution in [1.82, 2.24) is 10.4 Å². The van der Waals surface area contributed by atoms with Crippen LogP contribution in [-0.2, 0) is 4.79 Å². The van der Waals surface area contributed by atoms with Gasteiger partial charge in [0.1, 0.15) is 0 Å². The Bertz CT molecular complexity index is 101. The molecular weight excluding hydrogens is 116 g/mol. The van der Waals surface area contributed by atoms with Gasteiger partial charge in [0.15, 0.2) is 0 Å². The van der Waals surface area contributed by atoms with Crippen LogP contribution in [0.1, 0.15) is 13.8 Å². The summed E-state index contributed by atoms with van der Waals surface area (Å²) in [5.74, 6) is 0.181. The molecule has 0 aliphatic rings. The van der Waals surface area contributed by atoms with Gasteiger partial charge < -0.3 is 0 Å². The average molecular weight is 130 g/mol. The molecule has 0 aliphatic carbocycles. The molecule has 9 heavy (non-hydrogen) atoms. The molecule has 3 nitrogen and oxygen atoms in total. The number of amides is 1. The van der Waals surface area contributed by atoms with Crippen molar-refractivity contribution in [2.24, 2.45) is 5.92 Å². The number of nitrogens with zero attached hydrogens (tertiary/aromatic N) is 1. The van der Waals surface area contributed by atoms with E-state index in [2.05, 4.69) is 5.43 Å². The van der Waals surface area contributed by atoms with Crippen molar-refractivity contribution in [2.75, 3.05) is 14.1 Å². The van der Waals surface area contributed by atoms with Crippen molar-refractivity contribution >= 4 is 5.91 Å². The van der Waals surface area contributed by atoms with Gasteiger partial charge in [-0.3, -0.25) is 9.80 Å². The van der Waals surface area contributed by atoms with Crippen molar-refractivity contribution in [2.45, 2.75) is 13.8 Å². The molecule has 0 saturated carbocycles. The van der Waals surface area contributed by atoms with E-state index in [1.54, 1.807) is 14.1 Å². The third-order valence-electron chi connectivity index (χ3n) is 1.16. The van der Waals surface area contributed by atoms with E-state index in [9.17, 15) is 4.79 Å². The van der Waals surface area contributed by atoms with Gasteiger partial charge in [-0.1, -0.05) is 13.8 Å². The highest BCUT2D eigenvalue weighted by molar-refractivity contribution is 5.77. The standard InChI is InChI=1S/C6H14N2O/c1-5(2)6(9)8(4)7-3/h5,7H,1-4H3. The molecule has 0 aliphatic heterocycles. The summed E-state index contributed by atoms with van der Waals surface area (Å²) < 4.78 is 0. The van der Waals surface area contributed by atoms with Gasteiger partial charge in [0.05, 0.1) is 0 Å². The van der Waals surface area contributed by atoms with Crippen LogP contribution in [0.2, 0.25) is 0 Å². The lowest BCUT2D eigenvalue weighted by Crippen LogP contribution is -2.39. The molecule has 0 bridgehead atoms. The topological polar surface area (TPSA) is 32.3 Å². The van der Waals surface area contributed by atoms with E-state index in [0.717, 1.165) is 0 Å². The van der Waals surface area contributed by atoms with Gasteiger partial charge in [0, 0.05) is 20.0 Å². The van der Waals surface area contributed by atoms with E-state index in [1.165, 1.54) is 5.01 Å². The van der Waals surface area contributed by atoms with E-state index in [0.29, 0.717) is 0 Å². The quantitative estimate of drug-likeness (QED) is 0.543. The highest BCUT2D eigenvalue weighted by Gasteiger charge is 2.09. The highest BCUT2D eigenvalue weighted by Crippen LogP contribution is 1.94. The zero-order valence-electron chi connectivity index (χ0n) is 6.43. The lowest BCUT2D eigenvalue weighted by molar-refractivity contribution is -0.135. The van der Waals surface area contributed by atoms with Crippen LogP contribution in [-0.4, -0.2) is 25.0 Å². The van der Waals surface area contributed by atoms with Crippen LogP contribution in [0.25, 0.3) is 0 Å². The maximum absolute atomic E-state index is 10.9. The second-order valence-corrected chi connectivity index (χ2v) is 2.28. The second-order valence-electron chi connectivity index (χ2n) is 2.28. The number of nitrogens with one attached hydrogen (secondary N) is 1. The van der Waals surface area contributed by atoms with Crippen LogP contribution in [0.5, 0.6) is 0 Å². The number of carbonyl (C=O) groups is 1. The van der Waals surface area contributed by atoms with Crippen molar-refractivity contribution in [3.63, 3.8) is 0 Å². The van der Waals surface area contributed by atoms with E-state index in [-0.39, 0.29) is 11.8 Å². The Morgan fingerprint density at radius 2 is 2.00 bits per heavy atom. The van der Waals surface area contributed by atoms with Crippen molar-refractivity contribution < 1.29 is 4.79 Å². The molecule has 0 aromatic carbocycles. The molecule has 3 heteroatoms. The lowest BCUT2D eigenvalue weighted by Gasteiger charge is -2.16. The van der Waals surface area contributed by atoms with Gasteiger partial charge in [-0.2, -0.15) is 0 Å². The van der Waals surface area contributed by atoms with E-state index >= 15 is 0 Å². The lowest BCUT2D eigenvalue weighted by atomic mass is 10.2. The number of hydrogen-bond donors (Lipinski definition) is 1. The summed E-state index contributed by atoms with van der Waals surface area (Å²) in [6.45, 7) is 3.74.